The fraction of sp³-hybridized carbons (Fsp3) is 0.130. The molecule has 1 N–H and O–H groups in total. The number of rotatable bonds is 3. The quantitative estimate of drug-likeness (QED) is 0.669. The van der Waals surface area contributed by atoms with Crippen LogP contribution in [0.4, 0.5) is 11.4 Å². The summed E-state index contributed by atoms with van der Waals surface area (Å²) in [7, 11) is 0. The molecule has 0 saturated heterocycles. The van der Waals surface area contributed by atoms with Crippen LogP contribution in [0.1, 0.15) is 32.7 Å². The number of amides is 2. The number of anilines is 2. The van der Waals surface area contributed by atoms with E-state index in [1.807, 2.05) is 18.2 Å². The van der Waals surface area contributed by atoms with Gasteiger partial charge in [-0.3, -0.25) is 9.59 Å². The summed E-state index contributed by atoms with van der Waals surface area (Å²) in [6.07, 6.45) is 1.91. The molecule has 2 amide bonds. The number of nitrogens with zero attached hydrogens (tertiary/aromatic N) is 1. The Bertz CT molecular complexity index is 1030. The molecule has 0 aromatic heterocycles. The lowest BCUT2D eigenvalue weighted by Crippen LogP contribution is -2.35. The van der Waals surface area contributed by atoms with Gasteiger partial charge in [0.05, 0.1) is 0 Å². The molecule has 0 fully saturated rings. The van der Waals surface area contributed by atoms with Crippen LogP contribution in [0, 0.1) is 0 Å². The molecule has 28 heavy (non-hydrogen) atoms. The van der Waals surface area contributed by atoms with Gasteiger partial charge < -0.3 is 10.2 Å². The van der Waals surface area contributed by atoms with Crippen molar-refractivity contribution in [2.45, 2.75) is 12.8 Å². The summed E-state index contributed by atoms with van der Waals surface area (Å²) in [6.45, 7) is 0.678. The van der Waals surface area contributed by atoms with Crippen LogP contribution in [0.2, 0.25) is 5.02 Å². The molecule has 4 nitrogen and oxygen atoms in total. The Morgan fingerprint density at radius 2 is 1.64 bits per heavy atom. The van der Waals surface area contributed by atoms with Crippen LogP contribution in [-0.4, -0.2) is 18.4 Å². The van der Waals surface area contributed by atoms with Gasteiger partial charge in [0.15, 0.2) is 0 Å². The van der Waals surface area contributed by atoms with E-state index in [-0.39, 0.29) is 11.8 Å². The van der Waals surface area contributed by atoms with Crippen molar-refractivity contribution >= 4 is 34.8 Å². The Kier molecular flexibility index (Phi) is 5.13. The maximum atomic E-state index is 13.1. The van der Waals surface area contributed by atoms with Crippen LogP contribution in [0.15, 0.2) is 72.8 Å². The van der Waals surface area contributed by atoms with E-state index in [0.29, 0.717) is 28.4 Å². The van der Waals surface area contributed by atoms with Crippen molar-refractivity contribution in [3.05, 3.63) is 94.5 Å². The fourth-order valence-electron chi connectivity index (χ4n) is 3.43. The molecular weight excluding hydrogens is 372 g/mol. The molecule has 0 radical (unpaired) electrons. The second-order valence-corrected chi connectivity index (χ2v) is 7.17. The van der Waals surface area contributed by atoms with Crippen LogP contribution < -0.4 is 10.2 Å². The van der Waals surface area contributed by atoms with Gasteiger partial charge in [-0.1, -0.05) is 35.9 Å². The van der Waals surface area contributed by atoms with E-state index in [1.54, 1.807) is 53.4 Å². The number of hydrogen-bond donors (Lipinski definition) is 1. The topological polar surface area (TPSA) is 49.4 Å². The molecule has 1 heterocycles. The van der Waals surface area contributed by atoms with E-state index in [9.17, 15) is 9.59 Å². The number of hydrogen-bond acceptors (Lipinski definition) is 2. The summed E-state index contributed by atoms with van der Waals surface area (Å²) in [5, 5.41) is 3.43. The molecule has 0 spiro atoms. The zero-order valence-electron chi connectivity index (χ0n) is 15.2. The Morgan fingerprint density at radius 3 is 2.46 bits per heavy atom. The summed E-state index contributed by atoms with van der Waals surface area (Å²) in [4.78, 5) is 27.5. The van der Waals surface area contributed by atoms with Gasteiger partial charge in [0.2, 0.25) is 0 Å². The first-order chi connectivity index (χ1) is 13.6. The highest BCUT2D eigenvalue weighted by molar-refractivity contribution is 6.30. The van der Waals surface area contributed by atoms with E-state index < -0.39 is 0 Å². The minimum atomic E-state index is -0.268. The monoisotopic (exact) mass is 390 g/mol. The van der Waals surface area contributed by atoms with Gasteiger partial charge >= 0.3 is 0 Å². The van der Waals surface area contributed by atoms with Gasteiger partial charge in [-0.2, -0.15) is 0 Å². The highest BCUT2D eigenvalue weighted by atomic mass is 35.5. The number of benzene rings is 3. The Labute approximate surface area is 168 Å². The lowest BCUT2D eigenvalue weighted by Gasteiger charge is -2.29. The molecule has 1 aliphatic rings. The fourth-order valence-corrected chi connectivity index (χ4v) is 3.56. The summed E-state index contributed by atoms with van der Waals surface area (Å²) < 4.78 is 0. The highest BCUT2D eigenvalue weighted by Gasteiger charge is 2.23. The first-order valence-corrected chi connectivity index (χ1v) is 9.56. The van der Waals surface area contributed by atoms with Crippen molar-refractivity contribution in [1.29, 1.82) is 0 Å². The lowest BCUT2D eigenvalue weighted by atomic mass is 10.0. The first kappa shape index (κ1) is 18.3. The Morgan fingerprint density at radius 1 is 0.893 bits per heavy atom. The third kappa shape index (κ3) is 3.78. The molecule has 0 atom stereocenters. The van der Waals surface area contributed by atoms with Crippen LogP contribution in [0.25, 0.3) is 0 Å². The van der Waals surface area contributed by atoms with E-state index in [2.05, 4.69) is 11.4 Å². The summed E-state index contributed by atoms with van der Waals surface area (Å²) in [5.74, 6) is -0.357. The third-order valence-corrected chi connectivity index (χ3v) is 5.08. The number of halogens is 1. The number of aryl methyl sites for hydroxylation is 1. The van der Waals surface area contributed by atoms with Crippen LogP contribution in [0.3, 0.4) is 0 Å². The first-order valence-electron chi connectivity index (χ1n) is 9.18. The summed E-state index contributed by atoms with van der Waals surface area (Å²) in [5.41, 5.74) is 3.72. The van der Waals surface area contributed by atoms with Gasteiger partial charge in [0.25, 0.3) is 11.8 Å². The lowest BCUT2D eigenvalue weighted by molar-refractivity contribution is 0.0985. The van der Waals surface area contributed by atoms with Gasteiger partial charge in [-0.25, -0.2) is 0 Å². The van der Waals surface area contributed by atoms with Crippen molar-refractivity contribution in [3.8, 4) is 0 Å². The average Bonchev–Trinajstić information content (AvgIpc) is 2.74. The minimum absolute atomic E-state index is 0.0895. The SMILES string of the molecule is O=C(Nc1ccc(Cl)cc1)c1cccc(C(=O)N2CCCc3ccccc32)c1. The Hall–Kier alpha value is -3.11. The average molecular weight is 391 g/mol. The molecular formula is C23H19ClN2O2. The predicted molar refractivity (Wildman–Crippen MR) is 112 cm³/mol. The second-order valence-electron chi connectivity index (χ2n) is 6.73. The van der Waals surface area contributed by atoms with E-state index in [1.165, 1.54) is 5.56 Å². The maximum absolute atomic E-state index is 13.1. The number of carbonyl (C=O) groups excluding carboxylic acids is 2. The van der Waals surface area contributed by atoms with Gasteiger partial charge in [-0.05, 0) is 66.9 Å². The maximum Gasteiger partial charge on any atom is 0.258 e. The van der Waals surface area contributed by atoms with Crippen molar-refractivity contribution < 1.29 is 9.59 Å². The van der Waals surface area contributed by atoms with Crippen molar-refractivity contribution in [1.82, 2.24) is 0 Å². The molecule has 0 saturated carbocycles. The van der Waals surface area contributed by atoms with Crippen LogP contribution in [-0.2, 0) is 6.42 Å². The van der Waals surface area contributed by atoms with Gasteiger partial charge in [0, 0.05) is 34.1 Å². The molecule has 1 aliphatic heterocycles. The van der Waals surface area contributed by atoms with E-state index in [0.717, 1.165) is 18.5 Å². The van der Waals surface area contributed by atoms with Crippen LogP contribution in [0.5, 0.6) is 0 Å². The molecule has 140 valence electrons. The standard InChI is InChI=1S/C23H19ClN2O2/c24-19-10-12-20(13-11-19)25-22(27)17-6-3-7-18(15-17)23(28)26-14-4-8-16-5-1-2-9-21(16)26/h1-3,5-7,9-13,15H,4,8,14H2,(H,25,27). The Balaban J connectivity index is 1.56. The summed E-state index contributed by atoms with van der Waals surface area (Å²) >= 11 is 5.88. The number of fused-ring (bicyclic) bond motifs is 1. The van der Waals surface area contributed by atoms with Crippen molar-refractivity contribution in [2.75, 3.05) is 16.8 Å². The predicted octanol–water partition coefficient (Wildman–Crippen LogP) is 5.19. The second kappa shape index (κ2) is 7.87. The normalized spacial score (nSPS) is 13.0. The van der Waals surface area contributed by atoms with E-state index >= 15 is 0 Å². The zero-order chi connectivity index (χ0) is 19.5. The number of para-hydroxylation sites is 1. The highest BCUT2D eigenvalue weighted by Crippen LogP contribution is 2.28. The number of nitrogens with one attached hydrogen (secondary N) is 1. The summed E-state index contributed by atoms with van der Waals surface area (Å²) in [6, 6.07) is 21.7. The van der Waals surface area contributed by atoms with Crippen molar-refractivity contribution in [3.63, 3.8) is 0 Å². The zero-order valence-corrected chi connectivity index (χ0v) is 15.9. The molecule has 0 unspecified atom stereocenters. The molecule has 3 aromatic rings. The number of carbonyl (C=O) groups is 2. The molecule has 0 aliphatic carbocycles. The van der Waals surface area contributed by atoms with Crippen molar-refractivity contribution in [2.24, 2.45) is 0 Å². The van der Waals surface area contributed by atoms with Gasteiger partial charge in [-0.15, -0.1) is 0 Å². The smallest absolute Gasteiger partial charge is 0.258 e. The van der Waals surface area contributed by atoms with Gasteiger partial charge in [0.1, 0.15) is 0 Å². The van der Waals surface area contributed by atoms with E-state index in [4.69, 9.17) is 11.6 Å². The largest absolute Gasteiger partial charge is 0.322 e. The molecule has 0 bridgehead atoms. The third-order valence-electron chi connectivity index (χ3n) is 4.83. The molecule has 5 heteroatoms. The molecule has 3 aromatic carbocycles. The minimum Gasteiger partial charge on any atom is -0.322 e. The molecule has 4 rings (SSSR count). The van der Waals surface area contributed by atoms with Crippen LogP contribution >= 0.6 is 11.6 Å².